The predicted octanol–water partition coefficient (Wildman–Crippen LogP) is 1.25. The van der Waals surface area contributed by atoms with Gasteiger partial charge in [-0.1, -0.05) is 6.08 Å². The first kappa shape index (κ1) is 16.7. The second-order valence-corrected chi connectivity index (χ2v) is 4.99. The molecular formula is C16H21N3O4. The van der Waals surface area contributed by atoms with Crippen LogP contribution in [-0.2, 0) is 4.79 Å². The highest BCUT2D eigenvalue weighted by Crippen LogP contribution is 2.34. The number of urea groups is 1. The summed E-state index contributed by atoms with van der Waals surface area (Å²) in [4.78, 5) is 27.4. The normalized spacial score (nSPS) is 13.9. The molecule has 1 N–H and O–H groups in total. The van der Waals surface area contributed by atoms with Crippen molar-refractivity contribution >= 4 is 17.6 Å². The summed E-state index contributed by atoms with van der Waals surface area (Å²) in [5, 5.41) is 2.66. The van der Waals surface area contributed by atoms with Crippen LogP contribution in [0.15, 0.2) is 30.9 Å². The van der Waals surface area contributed by atoms with E-state index in [-0.39, 0.29) is 18.5 Å². The van der Waals surface area contributed by atoms with Crippen LogP contribution in [0.4, 0.5) is 10.5 Å². The Morgan fingerprint density at radius 3 is 2.78 bits per heavy atom. The first-order valence-corrected chi connectivity index (χ1v) is 7.26. The summed E-state index contributed by atoms with van der Waals surface area (Å²) in [6.07, 6.45) is 1.59. The van der Waals surface area contributed by atoms with E-state index in [4.69, 9.17) is 9.47 Å². The lowest BCUT2D eigenvalue weighted by Gasteiger charge is -2.20. The average molecular weight is 319 g/mol. The molecule has 0 saturated carbocycles. The number of nitrogens with zero attached hydrogens (tertiary/aromatic N) is 2. The minimum atomic E-state index is -0.231. The molecule has 1 aromatic carbocycles. The molecule has 7 nitrogen and oxygen atoms in total. The maximum atomic E-state index is 12.5. The van der Waals surface area contributed by atoms with Gasteiger partial charge >= 0.3 is 6.03 Å². The molecule has 0 aromatic heterocycles. The molecule has 1 aromatic rings. The van der Waals surface area contributed by atoms with Gasteiger partial charge in [0.05, 0.1) is 19.9 Å². The zero-order valence-electron chi connectivity index (χ0n) is 13.4. The third-order valence-corrected chi connectivity index (χ3v) is 3.55. The van der Waals surface area contributed by atoms with Crippen LogP contribution in [0.5, 0.6) is 11.5 Å². The van der Waals surface area contributed by atoms with Crippen LogP contribution in [0.25, 0.3) is 0 Å². The molecule has 7 heteroatoms. The Hall–Kier alpha value is -2.70. The maximum Gasteiger partial charge on any atom is 0.325 e. The quantitative estimate of drug-likeness (QED) is 0.768. The number of hydrogen-bond acceptors (Lipinski definition) is 4. The first-order valence-electron chi connectivity index (χ1n) is 7.26. The molecule has 2 rings (SSSR count). The molecule has 0 atom stereocenters. The molecule has 0 unspecified atom stereocenters. The summed E-state index contributed by atoms with van der Waals surface area (Å²) < 4.78 is 10.5. The lowest BCUT2D eigenvalue weighted by molar-refractivity contribution is -0.121. The van der Waals surface area contributed by atoms with Crippen LogP contribution in [0.1, 0.15) is 0 Å². The summed E-state index contributed by atoms with van der Waals surface area (Å²) >= 11 is 0. The highest BCUT2D eigenvalue weighted by Gasteiger charge is 2.32. The van der Waals surface area contributed by atoms with Gasteiger partial charge in [0.25, 0.3) is 0 Å². The Labute approximate surface area is 135 Å². The van der Waals surface area contributed by atoms with Gasteiger partial charge in [-0.3, -0.25) is 9.69 Å². The molecule has 1 aliphatic rings. The van der Waals surface area contributed by atoms with Crippen molar-refractivity contribution in [2.75, 3.05) is 45.3 Å². The first-order chi connectivity index (χ1) is 11.1. The van der Waals surface area contributed by atoms with Gasteiger partial charge in [-0.25, -0.2) is 4.79 Å². The van der Waals surface area contributed by atoms with E-state index in [1.165, 1.54) is 4.90 Å². The molecule has 0 bridgehead atoms. The van der Waals surface area contributed by atoms with Crippen LogP contribution >= 0.6 is 0 Å². The number of anilines is 1. The third-order valence-electron chi connectivity index (χ3n) is 3.55. The van der Waals surface area contributed by atoms with Crippen molar-refractivity contribution in [1.29, 1.82) is 0 Å². The number of methoxy groups -OCH3 is 2. The average Bonchev–Trinajstić information content (AvgIpc) is 2.92. The summed E-state index contributed by atoms with van der Waals surface area (Å²) in [6.45, 7) is 4.90. The van der Waals surface area contributed by atoms with Crippen molar-refractivity contribution < 1.29 is 19.1 Å². The number of nitrogens with one attached hydrogen (secondary N) is 1. The van der Waals surface area contributed by atoms with Gasteiger partial charge in [-0.2, -0.15) is 0 Å². The predicted molar refractivity (Wildman–Crippen MR) is 87.1 cm³/mol. The van der Waals surface area contributed by atoms with Gasteiger partial charge in [-0.15, -0.1) is 6.58 Å². The number of ether oxygens (including phenoxy) is 2. The molecule has 0 spiro atoms. The molecule has 3 amide bonds. The summed E-state index contributed by atoms with van der Waals surface area (Å²) in [7, 11) is 3.11. The van der Waals surface area contributed by atoms with E-state index >= 15 is 0 Å². The number of amides is 3. The van der Waals surface area contributed by atoms with Gasteiger partial charge in [0.15, 0.2) is 0 Å². The van der Waals surface area contributed by atoms with Crippen molar-refractivity contribution in [3.63, 3.8) is 0 Å². The molecule has 1 aliphatic heterocycles. The monoisotopic (exact) mass is 319 g/mol. The number of rotatable bonds is 7. The van der Waals surface area contributed by atoms with Crippen molar-refractivity contribution in [3.05, 3.63) is 30.9 Å². The molecular weight excluding hydrogens is 298 g/mol. The van der Waals surface area contributed by atoms with Crippen molar-refractivity contribution in [2.45, 2.75) is 0 Å². The summed E-state index contributed by atoms with van der Waals surface area (Å²) in [5.74, 6) is 1.01. The highest BCUT2D eigenvalue weighted by molar-refractivity contribution is 5.97. The number of carbonyl (C=O) groups is 2. The number of benzene rings is 1. The van der Waals surface area contributed by atoms with Crippen LogP contribution in [0.2, 0.25) is 0 Å². The van der Waals surface area contributed by atoms with Gasteiger partial charge in [0, 0.05) is 25.7 Å². The van der Waals surface area contributed by atoms with Crippen LogP contribution in [0, 0.1) is 0 Å². The molecule has 0 aliphatic carbocycles. The van der Waals surface area contributed by atoms with Gasteiger partial charge in [-0.05, 0) is 12.1 Å². The fraction of sp³-hybridized carbons (Fsp3) is 0.375. The molecule has 1 fully saturated rings. The Bertz CT molecular complexity index is 603. The Morgan fingerprint density at radius 1 is 1.35 bits per heavy atom. The number of carbonyl (C=O) groups excluding carboxylic acids is 2. The minimum Gasteiger partial charge on any atom is -0.497 e. The standard InChI is InChI=1S/C16H21N3O4/c1-4-7-17-15(20)11-18-8-9-19(16(18)21)13-10-12(22-2)5-6-14(13)23-3/h4-6,10H,1,7-9,11H2,2-3H3,(H,17,20). The van der Waals surface area contributed by atoms with Gasteiger partial charge < -0.3 is 19.7 Å². The van der Waals surface area contributed by atoms with E-state index in [1.807, 2.05) is 0 Å². The number of hydrogen-bond donors (Lipinski definition) is 1. The fourth-order valence-electron chi connectivity index (χ4n) is 2.38. The lowest BCUT2D eigenvalue weighted by atomic mass is 10.2. The smallest absolute Gasteiger partial charge is 0.325 e. The Balaban J connectivity index is 2.12. The second kappa shape index (κ2) is 7.53. The van der Waals surface area contributed by atoms with Gasteiger partial charge in [0.2, 0.25) is 5.91 Å². The van der Waals surface area contributed by atoms with E-state index in [0.29, 0.717) is 36.8 Å². The molecule has 1 heterocycles. The van der Waals surface area contributed by atoms with Crippen LogP contribution in [-0.4, -0.2) is 57.2 Å². The minimum absolute atomic E-state index is 0.0233. The lowest BCUT2D eigenvalue weighted by Crippen LogP contribution is -2.40. The van der Waals surface area contributed by atoms with Crippen molar-refractivity contribution in [2.24, 2.45) is 0 Å². The summed E-state index contributed by atoms with van der Waals surface area (Å²) in [6, 6.07) is 5.03. The van der Waals surface area contributed by atoms with Crippen LogP contribution in [0.3, 0.4) is 0 Å². The zero-order valence-corrected chi connectivity index (χ0v) is 13.4. The van der Waals surface area contributed by atoms with E-state index in [1.54, 1.807) is 43.4 Å². The second-order valence-electron chi connectivity index (χ2n) is 4.99. The maximum absolute atomic E-state index is 12.5. The van der Waals surface area contributed by atoms with E-state index in [0.717, 1.165) is 0 Å². The SMILES string of the molecule is C=CCNC(=O)CN1CCN(c2cc(OC)ccc2OC)C1=O. The zero-order chi connectivity index (χ0) is 16.8. The molecule has 0 radical (unpaired) electrons. The topological polar surface area (TPSA) is 71.1 Å². The molecule has 1 saturated heterocycles. The fourth-order valence-corrected chi connectivity index (χ4v) is 2.38. The Morgan fingerprint density at radius 2 is 2.13 bits per heavy atom. The Kier molecular flexibility index (Phi) is 5.46. The molecule has 23 heavy (non-hydrogen) atoms. The highest BCUT2D eigenvalue weighted by atomic mass is 16.5. The van der Waals surface area contributed by atoms with Crippen molar-refractivity contribution in [3.8, 4) is 11.5 Å². The third kappa shape index (κ3) is 3.74. The summed E-state index contributed by atoms with van der Waals surface area (Å²) in [5.41, 5.74) is 0.630. The van der Waals surface area contributed by atoms with Crippen molar-refractivity contribution in [1.82, 2.24) is 10.2 Å². The van der Waals surface area contributed by atoms with E-state index in [2.05, 4.69) is 11.9 Å². The van der Waals surface area contributed by atoms with E-state index < -0.39 is 0 Å². The van der Waals surface area contributed by atoms with Crippen LogP contribution < -0.4 is 19.7 Å². The van der Waals surface area contributed by atoms with Gasteiger partial charge in [0.1, 0.15) is 18.0 Å². The molecule has 124 valence electrons. The largest absolute Gasteiger partial charge is 0.497 e. The van der Waals surface area contributed by atoms with E-state index in [9.17, 15) is 9.59 Å².